The van der Waals surface area contributed by atoms with Gasteiger partial charge in [0, 0.05) is 16.1 Å². The second-order valence-corrected chi connectivity index (χ2v) is 7.86. The number of thiophene rings is 1. The van der Waals surface area contributed by atoms with Crippen LogP contribution in [0.5, 0.6) is 11.5 Å². The molecule has 4 nitrogen and oxygen atoms in total. The molecule has 6 heteroatoms. The fourth-order valence-electron chi connectivity index (χ4n) is 3.11. The minimum absolute atomic E-state index is 0.247. The number of hydrogen-bond donors (Lipinski definition) is 0. The van der Waals surface area contributed by atoms with E-state index in [4.69, 9.17) is 19.2 Å². The van der Waals surface area contributed by atoms with E-state index >= 15 is 0 Å². The molecule has 26 heavy (non-hydrogen) atoms. The number of rotatable bonds is 2. The zero-order chi connectivity index (χ0) is 17.5. The third-order valence-corrected chi connectivity index (χ3v) is 5.72. The highest BCUT2D eigenvalue weighted by molar-refractivity contribution is 9.10. The summed E-state index contributed by atoms with van der Waals surface area (Å²) >= 11 is 5.11. The Labute approximate surface area is 163 Å². The summed E-state index contributed by atoms with van der Waals surface area (Å²) in [6, 6.07) is 16.1. The first kappa shape index (κ1) is 15.9. The van der Waals surface area contributed by atoms with E-state index in [2.05, 4.69) is 28.1 Å². The zero-order valence-corrected chi connectivity index (χ0v) is 16.0. The van der Waals surface area contributed by atoms with Crippen molar-refractivity contribution < 1.29 is 14.2 Å². The van der Waals surface area contributed by atoms with E-state index in [0.29, 0.717) is 19.1 Å². The Bertz CT molecular complexity index is 983. The van der Waals surface area contributed by atoms with Gasteiger partial charge in [-0.1, -0.05) is 34.1 Å². The fraction of sp³-hybridized carbons (Fsp3) is 0.150. The van der Waals surface area contributed by atoms with Crippen molar-refractivity contribution in [2.75, 3.05) is 13.2 Å². The molecule has 1 aromatic heterocycles. The monoisotopic (exact) mass is 427 g/mol. The number of aliphatic imine (C=N–C) groups is 1. The highest BCUT2D eigenvalue weighted by Crippen LogP contribution is 2.45. The summed E-state index contributed by atoms with van der Waals surface area (Å²) in [5.41, 5.74) is 2.91. The summed E-state index contributed by atoms with van der Waals surface area (Å²) in [4.78, 5) is 5.76. The second kappa shape index (κ2) is 6.45. The third-order valence-electron chi connectivity index (χ3n) is 4.33. The number of ether oxygens (including phenoxy) is 3. The quantitative estimate of drug-likeness (QED) is 0.543. The fourth-order valence-corrected chi connectivity index (χ4v) is 4.03. The summed E-state index contributed by atoms with van der Waals surface area (Å²) in [5.74, 6) is 2.12. The van der Waals surface area contributed by atoms with Gasteiger partial charge in [-0.15, -0.1) is 11.3 Å². The van der Waals surface area contributed by atoms with E-state index in [0.717, 1.165) is 37.7 Å². The van der Waals surface area contributed by atoms with Crippen molar-refractivity contribution in [1.82, 2.24) is 0 Å². The van der Waals surface area contributed by atoms with Crippen LogP contribution in [-0.2, 0) is 4.74 Å². The number of fused-ring (bicyclic) bond motifs is 2. The van der Waals surface area contributed by atoms with Crippen LogP contribution in [0.1, 0.15) is 22.1 Å². The molecule has 0 bridgehead atoms. The Morgan fingerprint density at radius 2 is 1.77 bits per heavy atom. The predicted octanol–water partition coefficient (Wildman–Crippen LogP) is 5.48. The molecule has 2 aliphatic rings. The van der Waals surface area contributed by atoms with Crippen molar-refractivity contribution in [2.24, 2.45) is 4.99 Å². The summed E-state index contributed by atoms with van der Waals surface area (Å²) < 4.78 is 18.8. The molecule has 0 amide bonds. The van der Waals surface area contributed by atoms with Crippen molar-refractivity contribution >= 4 is 38.9 Å². The van der Waals surface area contributed by atoms with Crippen LogP contribution in [0.2, 0.25) is 0 Å². The third kappa shape index (κ3) is 2.79. The van der Waals surface area contributed by atoms with Crippen LogP contribution in [0, 0.1) is 0 Å². The van der Waals surface area contributed by atoms with Crippen LogP contribution in [0.3, 0.4) is 0 Å². The van der Waals surface area contributed by atoms with Crippen LogP contribution in [0.15, 0.2) is 63.4 Å². The summed E-state index contributed by atoms with van der Waals surface area (Å²) in [5, 5.41) is 2.02. The molecule has 3 aromatic rings. The highest BCUT2D eigenvalue weighted by atomic mass is 79.9. The van der Waals surface area contributed by atoms with E-state index in [1.54, 1.807) is 11.3 Å². The second-order valence-electron chi connectivity index (χ2n) is 6.00. The molecule has 130 valence electrons. The van der Waals surface area contributed by atoms with E-state index in [9.17, 15) is 0 Å². The van der Waals surface area contributed by atoms with Gasteiger partial charge in [0.2, 0.25) is 5.90 Å². The molecule has 2 aliphatic heterocycles. The standard InChI is InChI=1S/C20H14BrNO3S/c21-13-5-3-12(4-6-13)19-14-10-16-17(24-8-7-23-16)11-15(14)22-20(25-19)18-2-1-9-26-18/h1-6,9-11,19H,7-8H2/t19-/m1/s1. The topological polar surface area (TPSA) is 40.0 Å². The smallest absolute Gasteiger partial charge is 0.232 e. The summed E-state index contributed by atoms with van der Waals surface area (Å²) in [6.07, 6.45) is -0.247. The Kier molecular flexibility index (Phi) is 3.94. The van der Waals surface area contributed by atoms with E-state index < -0.39 is 0 Å². The molecule has 0 radical (unpaired) electrons. The Balaban J connectivity index is 1.67. The van der Waals surface area contributed by atoms with Crippen molar-refractivity contribution in [1.29, 1.82) is 0 Å². The number of nitrogens with zero attached hydrogens (tertiary/aromatic N) is 1. The van der Waals surface area contributed by atoms with Gasteiger partial charge in [0.1, 0.15) is 13.2 Å². The molecule has 5 rings (SSSR count). The van der Waals surface area contributed by atoms with Gasteiger partial charge in [0.15, 0.2) is 17.6 Å². The highest BCUT2D eigenvalue weighted by Gasteiger charge is 2.29. The minimum Gasteiger partial charge on any atom is -0.486 e. The van der Waals surface area contributed by atoms with Gasteiger partial charge in [0.05, 0.1) is 10.6 Å². The zero-order valence-electron chi connectivity index (χ0n) is 13.6. The molecule has 0 saturated carbocycles. The SMILES string of the molecule is Brc1ccc([C@H]2OC(c3cccs3)=Nc3cc4c(cc32)OCCO4)cc1. The summed E-state index contributed by atoms with van der Waals surface area (Å²) in [6.45, 7) is 1.11. The maximum absolute atomic E-state index is 6.32. The van der Waals surface area contributed by atoms with Crippen LogP contribution in [0.25, 0.3) is 0 Å². The lowest BCUT2D eigenvalue weighted by atomic mass is 9.98. The van der Waals surface area contributed by atoms with Crippen molar-refractivity contribution in [3.63, 3.8) is 0 Å². The molecule has 0 unspecified atom stereocenters. The molecule has 2 aromatic carbocycles. The van der Waals surface area contributed by atoms with E-state index in [-0.39, 0.29) is 6.10 Å². The Hall–Kier alpha value is -2.31. The molecule has 0 N–H and O–H groups in total. The molecule has 0 fully saturated rings. The summed E-state index contributed by atoms with van der Waals surface area (Å²) in [7, 11) is 0. The Morgan fingerprint density at radius 1 is 1.00 bits per heavy atom. The van der Waals surface area contributed by atoms with Gasteiger partial charge in [0.25, 0.3) is 0 Å². The number of halogens is 1. The molecule has 0 aliphatic carbocycles. The van der Waals surface area contributed by atoms with Crippen LogP contribution >= 0.6 is 27.3 Å². The first-order valence-corrected chi connectivity index (χ1v) is 9.93. The van der Waals surface area contributed by atoms with Gasteiger partial charge < -0.3 is 14.2 Å². The van der Waals surface area contributed by atoms with Crippen LogP contribution < -0.4 is 9.47 Å². The average molecular weight is 428 g/mol. The van der Waals surface area contributed by atoms with Crippen molar-refractivity contribution in [3.8, 4) is 11.5 Å². The minimum atomic E-state index is -0.247. The molecule has 1 atom stereocenters. The first-order chi connectivity index (χ1) is 12.8. The molecule has 3 heterocycles. The molecule has 0 saturated heterocycles. The lowest BCUT2D eigenvalue weighted by Gasteiger charge is -2.28. The largest absolute Gasteiger partial charge is 0.486 e. The molecular weight excluding hydrogens is 414 g/mol. The first-order valence-electron chi connectivity index (χ1n) is 8.26. The van der Waals surface area contributed by atoms with Crippen LogP contribution in [-0.4, -0.2) is 19.1 Å². The molecule has 0 spiro atoms. The maximum atomic E-state index is 6.32. The van der Waals surface area contributed by atoms with Gasteiger partial charge in [-0.25, -0.2) is 4.99 Å². The predicted molar refractivity (Wildman–Crippen MR) is 105 cm³/mol. The van der Waals surface area contributed by atoms with E-state index in [1.807, 2.05) is 41.8 Å². The normalized spacial score (nSPS) is 17.9. The van der Waals surface area contributed by atoms with Gasteiger partial charge in [-0.3, -0.25) is 0 Å². The average Bonchev–Trinajstić information content (AvgIpc) is 3.21. The van der Waals surface area contributed by atoms with Crippen molar-refractivity contribution in [2.45, 2.75) is 6.10 Å². The van der Waals surface area contributed by atoms with Crippen LogP contribution in [0.4, 0.5) is 5.69 Å². The number of benzene rings is 2. The van der Waals surface area contributed by atoms with Gasteiger partial charge in [-0.2, -0.15) is 0 Å². The van der Waals surface area contributed by atoms with Gasteiger partial charge >= 0.3 is 0 Å². The lowest BCUT2D eigenvalue weighted by Crippen LogP contribution is -2.19. The maximum Gasteiger partial charge on any atom is 0.232 e. The van der Waals surface area contributed by atoms with E-state index in [1.165, 1.54) is 0 Å². The number of hydrogen-bond acceptors (Lipinski definition) is 5. The van der Waals surface area contributed by atoms with Gasteiger partial charge in [-0.05, 0) is 35.2 Å². The lowest BCUT2D eigenvalue weighted by molar-refractivity contribution is 0.170. The van der Waals surface area contributed by atoms with Crippen molar-refractivity contribution in [3.05, 3.63) is 74.4 Å². The molecular formula is C20H14BrNO3S. The Morgan fingerprint density at radius 3 is 2.50 bits per heavy atom.